The molecule has 0 bridgehead atoms. The molecule has 2 aliphatic carbocycles. The predicted octanol–water partition coefficient (Wildman–Crippen LogP) is 28.6. The number of furan rings is 2. The molecule has 0 aliphatic heterocycles. The van der Waals surface area contributed by atoms with E-state index in [9.17, 15) is 0 Å². The second-order valence-corrected chi connectivity index (χ2v) is 25.5. The summed E-state index contributed by atoms with van der Waals surface area (Å²) in [4.78, 5) is 0. The molecule has 12 aromatic carbocycles. The summed E-state index contributed by atoms with van der Waals surface area (Å²) in [6, 6.07) is 97.1. The molecule has 4 heterocycles. The lowest BCUT2D eigenvalue weighted by atomic mass is 9.91. The molecule has 18 rings (SSSR count). The van der Waals surface area contributed by atoms with Gasteiger partial charge in [-0.3, -0.25) is 0 Å². The van der Waals surface area contributed by atoms with Crippen LogP contribution >= 0.6 is 22.7 Å². The normalized spacial score (nSPS) is 20.4. The molecule has 2 fully saturated rings. The molecule has 2 saturated carbocycles. The molecule has 0 radical (unpaired) electrons. The van der Waals surface area contributed by atoms with Gasteiger partial charge in [0, 0.05) is 86.6 Å². The second kappa shape index (κ2) is 33.2. The van der Waals surface area contributed by atoms with E-state index in [0.29, 0.717) is 0 Å². The summed E-state index contributed by atoms with van der Waals surface area (Å²) in [6.07, 6.45) is -25.7. The smallest absolute Gasteiger partial charge is 0.135 e. The Bertz CT molecular complexity index is 5700. The molecule has 4 heteroatoms. The fourth-order valence-electron chi connectivity index (χ4n) is 11.2. The van der Waals surface area contributed by atoms with E-state index in [1.165, 1.54) is 124 Å². The summed E-state index contributed by atoms with van der Waals surface area (Å²) in [5, 5.41) is 10.5. The zero-order valence-electron chi connectivity index (χ0n) is 72.8. The highest BCUT2D eigenvalue weighted by Crippen LogP contribution is 2.37. The van der Waals surface area contributed by atoms with E-state index in [1.54, 1.807) is 0 Å². The Morgan fingerprint density at radius 2 is 0.705 bits per heavy atom. The quantitative estimate of drug-likeness (QED) is 0.172. The Labute approximate surface area is 596 Å². The van der Waals surface area contributed by atoms with E-state index >= 15 is 0 Å². The van der Waals surface area contributed by atoms with E-state index in [4.69, 9.17) is 33.5 Å². The van der Waals surface area contributed by atoms with Gasteiger partial charge in [-0.15, -0.1) is 22.7 Å². The van der Waals surface area contributed by atoms with Crippen molar-refractivity contribution in [2.75, 3.05) is 0 Å². The van der Waals surface area contributed by atoms with Gasteiger partial charge in [-0.25, -0.2) is 0 Å². The number of fused-ring (bicyclic) bond motifs is 12. The molecule has 2 nitrogen and oxygen atoms in total. The molecule has 0 N–H and O–H groups in total. The number of aryl methyl sites for hydroxylation is 6. The van der Waals surface area contributed by atoms with E-state index in [1.807, 2.05) is 89.4 Å². The first-order chi connectivity index (χ1) is 53.2. The third-order valence-corrected chi connectivity index (χ3v) is 18.3. The lowest BCUT2D eigenvalue weighted by Gasteiger charge is -2.15. The average molecular weight is 1300 g/mol. The lowest BCUT2D eigenvalue weighted by Crippen LogP contribution is -1.99. The van der Waals surface area contributed by atoms with Crippen LogP contribution in [0.25, 0.3) is 106 Å². The number of thiophene rings is 2. The van der Waals surface area contributed by atoms with Gasteiger partial charge in [0.15, 0.2) is 0 Å². The van der Waals surface area contributed by atoms with Crippen LogP contribution in [-0.2, 0) is 0 Å². The molecule has 4 aromatic heterocycles. The maximum atomic E-state index is 7.57. The Morgan fingerprint density at radius 1 is 0.284 bits per heavy atom. The van der Waals surface area contributed by atoms with Crippen LogP contribution in [0.15, 0.2) is 288 Å². The zero-order valence-corrected chi connectivity index (χ0v) is 56.5. The van der Waals surface area contributed by atoms with Crippen LogP contribution in [0.3, 0.4) is 0 Å². The SMILES string of the molecule is Cc1ccc2oc3ccccc3c2c1.Cc1ccc2sc3ccccc3c2c1.Cc1cccc(-c2ccccc2)c1.Cc1cccc2oc3ccccc3c12.Cc1cccc2sc3ccccc3c12.Cc1ccccc1-c1ccccc1.[2H]C1([2H])C(C)C([2H])([2H])C([2H])([2H])C([2H])([2H])C1([2H])[2H].[2H]C1([2H])C(C)C([2H])([2H])C([2H])([2H])C1([2H])[2H]. The molecule has 0 unspecified atom stereocenters. The molecule has 16 aromatic rings. The Hall–Kier alpha value is -9.32. The van der Waals surface area contributed by atoms with Gasteiger partial charge in [-0.05, 0) is 153 Å². The molecule has 0 atom stereocenters. The number of hydrogen-bond acceptors (Lipinski definition) is 4. The minimum Gasteiger partial charge on any atom is -0.456 e. The third-order valence-electron chi connectivity index (χ3n) is 16.0. The molecule has 478 valence electrons. The van der Waals surface area contributed by atoms with Crippen molar-refractivity contribution in [3.63, 3.8) is 0 Å². The number of hydrogen-bond donors (Lipinski definition) is 0. The Balaban J connectivity index is 0.000000128. The van der Waals surface area contributed by atoms with Crippen molar-refractivity contribution in [2.24, 2.45) is 11.8 Å². The van der Waals surface area contributed by atoms with E-state index in [-0.39, 0.29) is 0 Å². The largest absolute Gasteiger partial charge is 0.456 e. The maximum Gasteiger partial charge on any atom is 0.135 e. The van der Waals surface area contributed by atoms with Crippen LogP contribution in [0.5, 0.6) is 0 Å². The molecular weight excluding hydrogens is 1190 g/mol. The first-order valence-electron chi connectivity index (χ1n) is 40.9. The van der Waals surface area contributed by atoms with E-state index in [2.05, 4.69) is 254 Å². The van der Waals surface area contributed by atoms with Crippen LogP contribution in [0, 0.1) is 53.4 Å². The Morgan fingerprint density at radius 3 is 1.37 bits per heavy atom. The zero-order chi connectivity index (χ0) is 82.0. The minimum atomic E-state index is -3.26. The predicted molar refractivity (Wildman–Crippen MR) is 418 cm³/mol. The van der Waals surface area contributed by atoms with Crippen molar-refractivity contribution in [3.8, 4) is 22.3 Å². The monoisotopic (exact) mass is 1300 g/mol. The highest BCUT2D eigenvalue weighted by molar-refractivity contribution is 7.26. The van der Waals surface area contributed by atoms with Crippen molar-refractivity contribution in [2.45, 2.75) is 113 Å². The fraction of sp³-hybridized carbons (Fsp3) is 0.209. The van der Waals surface area contributed by atoms with Gasteiger partial charge in [0.1, 0.15) is 22.3 Å². The molecule has 2 aliphatic rings. The summed E-state index contributed by atoms with van der Waals surface area (Å²) in [5.74, 6) is -2.93. The van der Waals surface area contributed by atoms with Gasteiger partial charge in [-0.2, -0.15) is 0 Å². The Kier molecular flexibility index (Phi) is 16.6. The van der Waals surface area contributed by atoms with Gasteiger partial charge in [-0.1, -0.05) is 306 Å². The van der Waals surface area contributed by atoms with Crippen LogP contribution in [0.2, 0.25) is 0 Å². The third kappa shape index (κ3) is 17.7. The van der Waals surface area contributed by atoms with Crippen molar-refractivity contribution in [1.82, 2.24) is 0 Å². The minimum absolute atomic E-state index is 0.966. The van der Waals surface area contributed by atoms with Crippen LogP contribution in [0.4, 0.5) is 0 Å². The molecule has 0 spiro atoms. The molecule has 0 saturated heterocycles. The number of para-hydroxylation sites is 2. The lowest BCUT2D eigenvalue weighted by molar-refractivity contribution is 0.385. The van der Waals surface area contributed by atoms with E-state index < -0.39 is 69.2 Å². The van der Waals surface area contributed by atoms with Gasteiger partial charge < -0.3 is 8.83 Å². The summed E-state index contributed by atoms with van der Waals surface area (Å²) in [7, 11) is 0. The first-order valence-corrected chi connectivity index (χ1v) is 33.6. The molecular formula is C91H90O2S2. The van der Waals surface area contributed by atoms with Crippen molar-refractivity contribution >= 4 is 107 Å². The van der Waals surface area contributed by atoms with Crippen LogP contribution < -0.4 is 0 Å². The standard InChI is InChI=1S/2C13H10O.2C13H10S.2C13H12.C7H14.C6H12/c1-9-5-4-8-12-13(9)10-6-2-3-7-11(10)14-12;1-9-6-7-13-11(8-9)10-4-2-3-5-12(10)14-13;1-9-5-4-8-12-13(9)10-6-2-3-7-11(10)14-12;1-9-6-7-13-11(8-9)10-4-2-3-5-12(10)14-13;1-11-7-5-6-10-13(11)12-8-3-2-4-9-12;1-11-6-5-9-13(10-11)12-7-3-2-4-8-12;1-7-5-3-2-4-6-7;1-6-4-2-3-5-6/h4*2-8H,1H3;2*2-10H,1H3;7H,2-6H2,1H3;6H,2-5H2,1H3/i;;;;;;2D2,3D2,4D2,5D2,6D2;2D2,3D2,4D2,5D2. The van der Waals surface area contributed by atoms with Gasteiger partial charge in [0.2, 0.25) is 0 Å². The van der Waals surface area contributed by atoms with Crippen molar-refractivity contribution in [3.05, 3.63) is 312 Å². The number of benzene rings is 12. The van der Waals surface area contributed by atoms with Crippen molar-refractivity contribution < 1.29 is 33.5 Å². The first kappa shape index (κ1) is 47.5. The van der Waals surface area contributed by atoms with Gasteiger partial charge in [0.05, 0.1) is 0 Å². The second-order valence-electron chi connectivity index (χ2n) is 23.4. The van der Waals surface area contributed by atoms with Gasteiger partial charge in [0.25, 0.3) is 0 Å². The highest BCUT2D eigenvalue weighted by atomic mass is 32.1. The topological polar surface area (TPSA) is 26.3 Å². The molecule has 0 amide bonds. The highest BCUT2D eigenvalue weighted by Gasteiger charge is 2.11. The fourth-order valence-corrected chi connectivity index (χ4v) is 13.5. The summed E-state index contributed by atoms with van der Waals surface area (Å²) in [6.45, 7) is 15.1. The summed E-state index contributed by atoms with van der Waals surface area (Å²) >= 11 is 3.75. The average Bonchev–Trinajstić information content (AvgIpc) is 1.53. The molecule has 95 heavy (non-hydrogen) atoms. The summed E-state index contributed by atoms with van der Waals surface area (Å²) in [5.41, 5.74) is 17.0. The van der Waals surface area contributed by atoms with Gasteiger partial charge >= 0.3 is 0 Å². The maximum absolute atomic E-state index is 7.57. The van der Waals surface area contributed by atoms with Crippen LogP contribution in [-0.4, -0.2) is 0 Å². The van der Waals surface area contributed by atoms with Crippen LogP contribution in [0.1, 0.15) is 129 Å². The van der Waals surface area contributed by atoms with E-state index in [0.717, 1.165) is 29.3 Å². The summed E-state index contributed by atoms with van der Waals surface area (Å²) < 4.78 is 151. The van der Waals surface area contributed by atoms with Crippen molar-refractivity contribution in [1.29, 1.82) is 0 Å². The number of rotatable bonds is 2.